The van der Waals surface area contributed by atoms with Crippen molar-refractivity contribution in [2.45, 2.75) is 65.6 Å². The maximum absolute atomic E-state index is 14.5. The molecule has 0 bridgehead atoms. The summed E-state index contributed by atoms with van der Waals surface area (Å²) in [6, 6.07) is 0.105. The minimum atomic E-state index is -0.681. The van der Waals surface area contributed by atoms with Crippen molar-refractivity contribution in [1.29, 1.82) is 0 Å². The van der Waals surface area contributed by atoms with Gasteiger partial charge >= 0.3 is 0 Å². The van der Waals surface area contributed by atoms with Crippen molar-refractivity contribution in [1.82, 2.24) is 14.7 Å². The first-order valence-corrected chi connectivity index (χ1v) is 10.4. The Labute approximate surface area is 149 Å². The van der Waals surface area contributed by atoms with Gasteiger partial charge in [-0.2, -0.15) is 0 Å². The molecular formula is C20H40FN3. The largest absolute Gasteiger partial charge is 0.304 e. The summed E-state index contributed by atoms with van der Waals surface area (Å²) < 4.78 is 14.5. The Morgan fingerprint density at radius 1 is 1.00 bits per heavy atom. The van der Waals surface area contributed by atoms with Crippen LogP contribution >= 0.6 is 0 Å². The van der Waals surface area contributed by atoms with Gasteiger partial charge in [-0.1, -0.05) is 27.7 Å². The minimum Gasteiger partial charge on any atom is -0.304 e. The highest BCUT2D eigenvalue weighted by Crippen LogP contribution is 2.23. The molecule has 0 saturated carbocycles. The highest BCUT2D eigenvalue weighted by molar-refractivity contribution is 4.88. The molecule has 2 saturated heterocycles. The monoisotopic (exact) mass is 341 g/mol. The van der Waals surface area contributed by atoms with Gasteiger partial charge in [-0.25, -0.2) is 4.39 Å². The van der Waals surface area contributed by atoms with Crippen LogP contribution < -0.4 is 0 Å². The zero-order valence-corrected chi connectivity index (χ0v) is 16.5. The van der Waals surface area contributed by atoms with E-state index >= 15 is 0 Å². The van der Waals surface area contributed by atoms with Gasteiger partial charge in [-0.15, -0.1) is 0 Å². The summed E-state index contributed by atoms with van der Waals surface area (Å²) in [6.07, 6.45) is 3.97. The van der Waals surface area contributed by atoms with E-state index in [-0.39, 0.29) is 6.04 Å². The van der Waals surface area contributed by atoms with Crippen molar-refractivity contribution in [3.8, 4) is 0 Å². The van der Waals surface area contributed by atoms with Crippen LogP contribution in [0.15, 0.2) is 0 Å². The van der Waals surface area contributed by atoms with Crippen LogP contribution in [-0.4, -0.2) is 79.3 Å². The maximum Gasteiger partial charge on any atom is 0.117 e. The van der Waals surface area contributed by atoms with Crippen molar-refractivity contribution >= 4 is 0 Å². The van der Waals surface area contributed by atoms with Crippen LogP contribution in [0.2, 0.25) is 0 Å². The molecule has 0 aromatic rings. The smallest absolute Gasteiger partial charge is 0.117 e. The number of halogens is 1. The molecule has 3 nitrogen and oxygen atoms in total. The Balaban J connectivity index is 1.78. The lowest BCUT2D eigenvalue weighted by Gasteiger charge is -2.44. The van der Waals surface area contributed by atoms with E-state index in [2.05, 4.69) is 35.5 Å². The fourth-order valence-electron chi connectivity index (χ4n) is 4.38. The molecule has 2 atom stereocenters. The number of alkyl halides is 1. The van der Waals surface area contributed by atoms with Gasteiger partial charge in [0.1, 0.15) is 6.17 Å². The zero-order valence-electron chi connectivity index (χ0n) is 16.5. The first-order valence-electron chi connectivity index (χ1n) is 10.4. The van der Waals surface area contributed by atoms with Gasteiger partial charge in [0.05, 0.1) is 6.04 Å². The standard InChI is InChI=1S/C20H40FN3/c1-5-19(21)20-16-23(13-14-24(20)15-17(3)4)12-9-18-7-10-22(6-2)11-8-18/h17-20H,5-16H2,1-4H3. The lowest BCUT2D eigenvalue weighted by molar-refractivity contribution is 0.0169. The SMILES string of the molecule is CCC(F)C1CN(CCC2CCN(CC)CC2)CCN1CC(C)C. The van der Waals surface area contributed by atoms with Crippen LogP contribution in [0.25, 0.3) is 0 Å². The molecule has 2 unspecified atom stereocenters. The Morgan fingerprint density at radius 3 is 2.29 bits per heavy atom. The Hall–Kier alpha value is -0.190. The lowest BCUT2D eigenvalue weighted by atomic mass is 9.93. The molecule has 0 N–H and O–H groups in total. The molecule has 24 heavy (non-hydrogen) atoms. The third kappa shape index (κ3) is 5.96. The highest BCUT2D eigenvalue weighted by Gasteiger charge is 2.32. The van der Waals surface area contributed by atoms with E-state index in [1.54, 1.807) is 0 Å². The van der Waals surface area contributed by atoms with Crippen LogP contribution in [0.3, 0.4) is 0 Å². The summed E-state index contributed by atoms with van der Waals surface area (Å²) in [5, 5.41) is 0. The summed E-state index contributed by atoms with van der Waals surface area (Å²) in [7, 11) is 0. The summed E-state index contributed by atoms with van der Waals surface area (Å²) in [5.41, 5.74) is 0. The molecule has 0 aliphatic carbocycles. The summed E-state index contributed by atoms with van der Waals surface area (Å²) in [4.78, 5) is 7.51. The highest BCUT2D eigenvalue weighted by atomic mass is 19.1. The third-order valence-corrected chi connectivity index (χ3v) is 6.03. The van der Waals surface area contributed by atoms with Crippen LogP contribution in [0.1, 0.15) is 53.4 Å². The molecule has 0 radical (unpaired) electrons. The molecular weight excluding hydrogens is 301 g/mol. The summed E-state index contributed by atoms with van der Waals surface area (Å²) in [6.45, 7) is 17.8. The number of nitrogens with zero attached hydrogens (tertiary/aromatic N) is 3. The van der Waals surface area contributed by atoms with Crippen LogP contribution in [-0.2, 0) is 0 Å². The van der Waals surface area contributed by atoms with Crippen LogP contribution in [0.4, 0.5) is 4.39 Å². The first kappa shape index (κ1) is 20.1. The van der Waals surface area contributed by atoms with Gasteiger partial charge in [0, 0.05) is 26.2 Å². The second-order valence-electron chi connectivity index (χ2n) is 8.35. The van der Waals surface area contributed by atoms with Crippen molar-refractivity contribution in [2.75, 3.05) is 52.4 Å². The molecule has 0 aromatic heterocycles. The number of piperidine rings is 1. The zero-order chi connectivity index (χ0) is 17.5. The second-order valence-corrected chi connectivity index (χ2v) is 8.35. The quantitative estimate of drug-likeness (QED) is 0.669. The maximum atomic E-state index is 14.5. The number of piperazine rings is 1. The van der Waals surface area contributed by atoms with Crippen molar-refractivity contribution < 1.29 is 4.39 Å². The molecule has 0 amide bonds. The van der Waals surface area contributed by atoms with Gasteiger partial charge in [0.25, 0.3) is 0 Å². The number of hydrogen-bond acceptors (Lipinski definition) is 3. The van der Waals surface area contributed by atoms with Gasteiger partial charge < -0.3 is 9.80 Å². The van der Waals surface area contributed by atoms with Crippen molar-refractivity contribution in [3.63, 3.8) is 0 Å². The van der Waals surface area contributed by atoms with E-state index in [0.29, 0.717) is 12.3 Å². The average molecular weight is 342 g/mol. The molecule has 142 valence electrons. The number of rotatable bonds is 8. The lowest BCUT2D eigenvalue weighted by Crippen LogP contribution is -2.57. The predicted molar refractivity (Wildman–Crippen MR) is 101 cm³/mol. The Kier molecular flexibility index (Phi) is 8.45. The topological polar surface area (TPSA) is 9.72 Å². The van der Waals surface area contributed by atoms with E-state index < -0.39 is 6.17 Å². The van der Waals surface area contributed by atoms with Gasteiger partial charge in [0.2, 0.25) is 0 Å². The number of likely N-dealkylation sites (tertiary alicyclic amines) is 1. The number of hydrogen-bond donors (Lipinski definition) is 0. The van der Waals surface area contributed by atoms with E-state index in [9.17, 15) is 4.39 Å². The second kappa shape index (κ2) is 10.1. The summed E-state index contributed by atoms with van der Waals surface area (Å²) in [5.74, 6) is 1.50. The molecule has 2 aliphatic rings. The van der Waals surface area contributed by atoms with E-state index in [0.717, 1.165) is 32.1 Å². The van der Waals surface area contributed by atoms with Gasteiger partial charge in [-0.05, 0) is 63.7 Å². The third-order valence-electron chi connectivity index (χ3n) is 6.03. The average Bonchev–Trinajstić information content (AvgIpc) is 2.60. The van der Waals surface area contributed by atoms with E-state index in [1.807, 2.05) is 6.92 Å². The first-order chi connectivity index (χ1) is 11.5. The van der Waals surface area contributed by atoms with Gasteiger partial charge in [-0.3, -0.25) is 4.90 Å². The molecule has 2 fully saturated rings. The van der Waals surface area contributed by atoms with Crippen molar-refractivity contribution in [2.24, 2.45) is 11.8 Å². The fourth-order valence-corrected chi connectivity index (χ4v) is 4.38. The summed E-state index contributed by atoms with van der Waals surface area (Å²) >= 11 is 0. The molecule has 2 heterocycles. The molecule has 0 aromatic carbocycles. The van der Waals surface area contributed by atoms with Crippen LogP contribution in [0.5, 0.6) is 0 Å². The minimum absolute atomic E-state index is 0.105. The molecule has 2 rings (SSSR count). The Morgan fingerprint density at radius 2 is 1.71 bits per heavy atom. The molecule has 4 heteroatoms. The van der Waals surface area contributed by atoms with Gasteiger partial charge in [0.15, 0.2) is 0 Å². The molecule has 2 aliphatic heterocycles. The Bertz CT molecular complexity index is 342. The van der Waals surface area contributed by atoms with E-state index in [4.69, 9.17) is 0 Å². The van der Waals surface area contributed by atoms with Crippen LogP contribution in [0, 0.1) is 11.8 Å². The fraction of sp³-hybridized carbons (Fsp3) is 1.00. The normalized spacial score (nSPS) is 27.0. The van der Waals surface area contributed by atoms with E-state index in [1.165, 1.54) is 45.4 Å². The van der Waals surface area contributed by atoms with Crippen molar-refractivity contribution in [3.05, 3.63) is 0 Å². The predicted octanol–water partition coefficient (Wildman–Crippen LogP) is 3.50. The molecule has 0 spiro atoms.